The molecule has 0 spiro atoms. The summed E-state index contributed by atoms with van der Waals surface area (Å²) >= 11 is 1.02. The van der Waals surface area contributed by atoms with Crippen molar-refractivity contribution in [3.8, 4) is 11.5 Å². The van der Waals surface area contributed by atoms with Crippen LogP contribution in [0.15, 0.2) is 60.8 Å². The molecule has 0 saturated carbocycles. The summed E-state index contributed by atoms with van der Waals surface area (Å²) in [5, 5.41) is 0.232. The van der Waals surface area contributed by atoms with E-state index in [1.165, 1.54) is 11.0 Å². The topological polar surface area (TPSA) is 64.6 Å². The molecule has 0 bridgehead atoms. The van der Waals surface area contributed by atoms with Gasteiger partial charge in [0.15, 0.2) is 17.6 Å². The van der Waals surface area contributed by atoms with Crippen molar-refractivity contribution in [1.82, 2.24) is 9.97 Å². The van der Waals surface area contributed by atoms with Gasteiger partial charge in [0.2, 0.25) is 0 Å². The van der Waals surface area contributed by atoms with E-state index in [1.807, 2.05) is 6.92 Å². The van der Waals surface area contributed by atoms with Crippen LogP contribution in [-0.4, -0.2) is 29.1 Å². The van der Waals surface area contributed by atoms with Crippen LogP contribution in [0.5, 0.6) is 11.5 Å². The SMILES string of the molecule is CCOc1ccc(OCC(=O)N(Cc2ccccn2)c2nc3c(F)cc(F)cc3s2)cc1. The molecule has 2 aromatic heterocycles. The van der Waals surface area contributed by atoms with Gasteiger partial charge >= 0.3 is 0 Å². The third-order valence-electron chi connectivity index (χ3n) is 4.48. The number of hydrogen-bond donors (Lipinski definition) is 0. The van der Waals surface area contributed by atoms with Gasteiger partial charge in [0.05, 0.1) is 23.5 Å². The highest BCUT2D eigenvalue weighted by atomic mass is 32.1. The zero-order valence-electron chi connectivity index (χ0n) is 17.1. The van der Waals surface area contributed by atoms with Crippen LogP contribution < -0.4 is 14.4 Å². The number of thiazole rings is 1. The zero-order chi connectivity index (χ0) is 22.5. The minimum Gasteiger partial charge on any atom is -0.494 e. The van der Waals surface area contributed by atoms with E-state index in [0.29, 0.717) is 28.5 Å². The summed E-state index contributed by atoms with van der Waals surface area (Å²) in [4.78, 5) is 22.9. The summed E-state index contributed by atoms with van der Waals surface area (Å²) in [5.41, 5.74) is 0.630. The summed E-state index contributed by atoms with van der Waals surface area (Å²) in [7, 11) is 0. The van der Waals surface area contributed by atoms with Gasteiger partial charge in [0, 0.05) is 12.3 Å². The Morgan fingerprint density at radius 2 is 1.81 bits per heavy atom. The molecule has 0 aliphatic heterocycles. The molecule has 2 aromatic carbocycles. The number of carbonyl (C=O) groups excluding carboxylic acids is 1. The number of hydrogen-bond acceptors (Lipinski definition) is 6. The number of pyridine rings is 1. The Morgan fingerprint density at radius 3 is 2.50 bits per heavy atom. The fourth-order valence-corrected chi connectivity index (χ4v) is 4.02. The standard InChI is InChI=1S/C23H19F2N3O3S/c1-2-30-17-6-8-18(9-7-17)31-14-21(29)28(13-16-5-3-4-10-26-16)23-27-22-19(25)11-15(24)12-20(22)32-23/h3-12H,2,13-14H2,1H3. The molecule has 0 radical (unpaired) electrons. The molecule has 0 aliphatic carbocycles. The number of nitrogens with zero attached hydrogens (tertiary/aromatic N) is 3. The molecule has 0 atom stereocenters. The van der Waals surface area contributed by atoms with Gasteiger partial charge in [-0.15, -0.1) is 0 Å². The van der Waals surface area contributed by atoms with Crippen molar-refractivity contribution >= 4 is 32.6 Å². The highest BCUT2D eigenvalue weighted by molar-refractivity contribution is 7.22. The Balaban J connectivity index is 1.57. The third kappa shape index (κ3) is 5.00. The van der Waals surface area contributed by atoms with Crippen LogP contribution in [-0.2, 0) is 11.3 Å². The van der Waals surface area contributed by atoms with Crippen LogP contribution >= 0.6 is 11.3 Å². The number of carbonyl (C=O) groups is 1. The number of benzene rings is 2. The van der Waals surface area contributed by atoms with E-state index in [2.05, 4.69) is 9.97 Å². The lowest BCUT2D eigenvalue weighted by atomic mass is 10.3. The lowest BCUT2D eigenvalue weighted by molar-refractivity contribution is -0.120. The summed E-state index contributed by atoms with van der Waals surface area (Å²) in [6.45, 7) is 2.28. The quantitative estimate of drug-likeness (QED) is 0.375. The van der Waals surface area contributed by atoms with Crippen molar-refractivity contribution in [2.45, 2.75) is 13.5 Å². The Morgan fingerprint density at radius 1 is 1.06 bits per heavy atom. The predicted octanol–water partition coefficient (Wildman–Crippen LogP) is 4.98. The molecule has 9 heteroatoms. The zero-order valence-corrected chi connectivity index (χ0v) is 17.9. The Bertz CT molecular complexity index is 1220. The van der Waals surface area contributed by atoms with Gasteiger partial charge in [0.1, 0.15) is 22.8 Å². The number of amides is 1. The van der Waals surface area contributed by atoms with Crippen molar-refractivity contribution in [2.75, 3.05) is 18.1 Å². The van der Waals surface area contributed by atoms with Gasteiger partial charge in [-0.3, -0.25) is 14.7 Å². The first kappa shape index (κ1) is 21.6. The summed E-state index contributed by atoms with van der Waals surface area (Å²) in [5.74, 6) is -0.682. The largest absolute Gasteiger partial charge is 0.494 e. The Kier molecular flexibility index (Phi) is 6.55. The minimum absolute atomic E-state index is 0.0117. The molecule has 0 aliphatic rings. The van der Waals surface area contributed by atoms with Gasteiger partial charge in [-0.1, -0.05) is 17.4 Å². The number of fused-ring (bicyclic) bond motifs is 1. The monoisotopic (exact) mass is 455 g/mol. The molecule has 1 amide bonds. The van der Waals surface area contributed by atoms with E-state index in [-0.39, 0.29) is 23.8 Å². The van der Waals surface area contributed by atoms with Crippen molar-refractivity contribution in [1.29, 1.82) is 0 Å². The van der Waals surface area contributed by atoms with Crippen LogP contribution in [0.4, 0.5) is 13.9 Å². The number of aromatic nitrogens is 2. The maximum Gasteiger partial charge on any atom is 0.267 e. The molecular weight excluding hydrogens is 436 g/mol. The van der Waals surface area contributed by atoms with Crippen LogP contribution in [0.25, 0.3) is 10.2 Å². The van der Waals surface area contributed by atoms with Gasteiger partial charge in [0.25, 0.3) is 5.91 Å². The molecule has 32 heavy (non-hydrogen) atoms. The normalized spacial score (nSPS) is 10.8. The van der Waals surface area contributed by atoms with Gasteiger partial charge in [-0.2, -0.15) is 0 Å². The molecule has 164 valence electrons. The molecule has 4 rings (SSSR count). The first-order valence-corrected chi connectivity index (χ1v) is 10.7. The van der Waals surface area contributed by atoms with E-state index < -0.39 is 17.5 Å². The maximum atomic E-state index is 14.2. The minimum atomic E-state index is -0.779. The second kappa shape index (κ2) is 9.69. The predicted molar refractivity (Wildman–Crippen MR) is 118 cm³/mol. The van der Waals surface area contributed by atoms with E-state index >= 15 is 0 Å². The van der Waals surface area contributed by atoms with Gasteiger partial charge in [-0.05, 0) is 49.4 Å². The smallest absolute Gasteiger partial charge is 0.267 e. The summed E-state index contributed by atoms with van der Waals surface area (Å²) < 4.78 is 39.1. The van der Waals surface area contributed by atoms with Crippen molar-refractivity contribution < 1.29 is 23.0 Å². The van der Waals surface area contributed by atoms with Crippen molar-refractivity contribution in [3.63, 3.8) is 0 Å². The molecule has 0 saturated heterocycles. The van der Waals surface area contributed by atoms with E-state index in [0.717, 1.165) is 17.4 Å². The Labute approximate surface area is 187 Å². The average molecular weight is 455 g/mol. The highest BCUT2D eigenvalue weighted by Crippen LogP contribution is 2.32. The number of anilines is 1. The van der Waals surface area contributed by atoms with Crippen LogP contribution in [0.2, 0.25) is 0 Å². The third-order valence-corrected chi connectivity index (χ3v) is 5.50. The highest BCUT2D eigenvalue weighted by Gasteiger charge is 2.22. The molecule has 4 aromatic rings. The van der Waals surface area contributed by atoms with Gasteiger partial charge in [-0.25, -0.2) is 13.8 Å². The lowest BCUT2D eigenvalue weighted by Crippen LogP contribution is -2.34. The van der Waals surface area contributed by atoms with Crippen molar-refractivity contribution in [3.05, 3.63) is 78.1 Å². The van der Waals surface area contributed by atoms with Crippen molar-refractivity contribution in [2.24, 2.45) is 0 Å². The summed E-state index contributed by atoms with van der Waals surface area (Å²) in [6.07, 6.45) is 1.61. The number of rotatable bonds is 8. The molecule has 0 unspecified atom stereocenters. The molecule has 0 N–H and O–H groups in total. The Hall–Kier alpha value is -3.59. The lowest BCUT2D eigenvalue weighted by Gasteiger charge is -2.19. The second-order valence-corrected chi connectivity index (χ2v) is 7.73. The average Bonchev–Trinajstić information content (AvgIpc) is 3.22. The molecule has 0 fully saturated rings. The first-order valence-electron chi connectivity index (χ1n) is 9.85. The molecule has 6 nitrogen and oxygen atoms in total. The fourth-order valence-electron chi connectivity index (χ4n) is 3.00. The van der Waals surface area contributed by atoms with E-state index in [9.17, 15) is 13.6 Å². The molecule has 2 heterocycles. The second-order valence-electron chi connectivity index (χ2n) is 6.72. The number of ether oxygens (including phenoxy) is 2. The van der Waals surface area contributed by atoms with Gasteiger partial charge < -0.3 is 9.47 Å². The number of halogens is 2. The van der Waals surface area contributed by atoms with Crippen LogP contribution in [0, 0.1) is 11.6 Å². The van der Waals surface area contributed by atoms with Crippen LogP contribution in [0.3, 0.4) is 0 Å². The van der Waals surface area contributed by atoms with E-state index in [4.69, 9.17) is 9.47 Å². The first-order chi connectivity index (χ1) is 15.5. The van der Waals surface area contributed by atoms with E-state index in [1.54, 1.807) is 48.7 Å². The molecular formula is C23H19F2N3O3S. The summed E-state index contributed by atoms with van der Waals surface area (Å²) in [6, 6.07) is 14.2. The maximum absolute atomic E-state index is 14.2. The van der Waals surface area contributed by atoms with Crippen LogP contribution in [0.1, 0.15) is 12.6 Å². The fraction of sp³-hybridized carbons (Fsp3) is 0.174.